The van der Waals surface area contributed by atoms with Crippen LogP contribution in [0, 0.1) is 5.82 Å². The number of nitrogens with two attached hydrogens (primary N) is 1. The summed E-state index contributed by atoms with van der Waals surface area (Å²) >= 11 is 6.00. The molecule has 0 radical (unpaired) electrons. The predicted molar refractivity (Wildman–Crippen MR) is 110 cm³/mol. The number of hydrogen-bond acceptors (Lipinski definition) is 5. The van der Waals surface area contributed by atoms with Gasteiger partial charge in [-0.25, -0.2) is 9.38 Å². The minimum Gasteiger partial charge on any atom is -0.370 e. The minimum atomic E-state index is -0.233. The van der Waals surface area contributed by atoms with E-state index in [1.807, 2.05) is 17.0 Å². The predicted octanol–water partition coefficient (Wildman–Crippen LogP) is 3.17. The molecular formula is C20H20ClFN6O. The van der Waals surface area contributed by atoms with E-state index in [1.54, 1.807) is 24.3 Å². The van der Waals surface area contributed by atoms with E-state index in [0.29, 0.717) is 22.7 Å². The number of rotatable bonds is 4. The topological polar surface area (TPSA) is 83.8 Å². The average Bonchev–Trinajstić information content (AvgIpc) is 3.22. The van der Waals surface area contributed by atoms with Gasteiger partial charge in [-0.2, -0.15) is 4.98 Å². The highest BCUT2D eigenvalue weighted by Crippen LogP contribution is 2.20. The standard InChI is InChI=1S/C20H20ClFN6O/c21-15-3-1-2-14(12-15)19-25-18(29-26-19)13-24-20(23)28-10-8-27(9-11-28)17-6-4-16(22)5-7-17/h1-7,12H,8-11,13H2,(H2,23,24). The molecule has 0 amide bonds. The van der Waals surface area contributed by atoms with Crippen molar-refractivity contribution in [2.75, 3.05) is 31.1 Å². The molecule has 0 saturated carbocycles. The molecule has 0 aliphatic carbocycles. The Morgan fingerprint density at radius 3 is 2.62 bits per heavy atom. The fraction of sp³-hybridized carbons (Fsp3) is 0.250. The van der Waals surface area contributed by atoms with Crippen LogP contribution in [0.3, 0.4) is 0 Å². The molecule has 9 heteroatoms. The van der Waals surface area contributed by atoms with Gasteiger partial charge in [-0.05, 0) is 36.4 Å². The van der Waals surface area contributed by atoms with E-state index < -0.39 is 0 Å². The number of benzene rings is 2. The maximum atomic E-state index is 13.1. The van der Waals surface area contributed by atoms with Gasteiger partial charge >= 0.3 is 0 Å². The van der Waals surface area contributed by atoms with Gasteiger partial charge in [-0.15, -0.1) is 0 Å². The van der Waals surface area contributed by atoms with Crippen LogP contribution in [0.25, 0.3) is 11.4 Å². The Morgan fingerprint density at radius 2 is 1.90 bits per heavy atom. The zero-order valence-electron chi connectivity index (χ0n) is 15.6. The number of aliphatic imine (C=N–C) groups is 1. The number of aromatic nitrogens is 2. The van der Waals surface area contributed by atoms with Crippen LogP contribution in [-0.2, 0) is 6.54 Å². The van der Waals surface area contributed by atoms with E-state index in [2.05, 4.69) is 20.0 Å². The summed E-state index contributed by atoms with van der Waals surface area (Å²) in [6, 6.07) is 13.8. The second-order valence-electron chi connectivity index (χ2n) is 6.65. The quantitative estimate of drug-likeness (QED) is 0.521. The van der Waals surface area contributed by atoms with Gasteiger partial charge < -0.3 is 20.1 Å². The lowest BCUT2D eigenvalue weighted by molar-refractivity contribution is 0.370. The highest BCUT2D eigenvalue weighted by Gasteiger charge is 2.19. The number of anilines is 1. The van der Waals surface area contributed by atoms with Crippen LogP contribution in [0.2, 0.25) is 5.02 Å². The van der Waals surface area contributed by atoms with Crippen LogP contribution in [0.1, 0.15) is 5.89 Å². The summed E-state index contributed by atoms with van der Waals surface area (Å²) in [6.45, 7) is 3.22. The van der Waals surface area contributed by atoms with Crippen LogP contribution in [0.5, 0.6) is 0 Å². The van der Waals surface area contributed by atoms with Crippen molar-refractivity contribution in [3.63, 3.8) is 0 Å². The molecule has 1 aromatic heterocycles. The molecule has 7 nitrogen and oxygen atoms in total. The summed E-state index contributed by atoms with van der Waals surface area (Å²) in [5.41, 5.74) is 7.92. The molecule has 1 aliphatic heterocycles. The first kappa shape index (κ1) is 19.2. The Balaban J connectivity index is 1.33. The van der Waals surface area contributed by atoms with Gasteiger partial charge in [0.1, 0.15) is 12.4 Å². The Bertz CT molecular complexity index is 998. The van der Waals surface area contributed by atoms with Gasteiger partial charge in [0.2, 0.25) is 11.7 Å². The van der Waals surface area contributed by atoms with Crippen molar-refractivity contribution in [1.82, 2.24) is 15.0 Å². The summed E-state index contributed by atoms with van der Waals surface area (Å²) in [7, 11) is 0. The second kappa shape index (κ2) is 8.48. The number of piperazine rings is 1. The minimum absolute atomic E-state index is 0.206. The molecule has 0 atom stereocenters. The third-order valence-electron chi connectivity index (χ3n) is 4.72. The monoisotopic (exact) mass is 414 g/mol. The van der Waals surface area contributed by atoms with Crippen LogP contribution in [0.15, 0.2) is 58.0 Å². The number of hydrogen-bond donors (Lipinski definition) is 1. The highest BCUT2D eigenvalue weighted by atomic mass is 35.5. The first-order valence-electron chi connectivity index (χ1n) is 9.22. The van der Waals surface area contributed by atoms with Gasteiger partial charge in [0.05, 0.1) is 0 Å². The van der Waals surface area contributed by atoms with Gasteiger partial charge in [0.15, 0.2) is 5.96 Å². The van der Waals surface area contributed by atoms with E-state index >= 15 is 0 Å². The second-order valence-corrected chi connectivity index (χ2v) is 7.08. The van der Waals surface area contributed by atoms with Crippen molar-refractivity contribution in [3.05, 3.63) is 65.3 Å². The summed E-state index contributed by atoms with van der Waals surface area (Å²) in [5, 5.41) is 4.57. The first-order valence-corrected chi connectivity index (χ1v) is 9.60. The smallest absolute Gasteiger partial charge is 0.248 e. The molecule has 0 bridgehead atoms. The molecule has 2 N–H and O–H groups in total. The van der Waals surface area contributed by atoms with Gasteiger partial charge in [-0.1, -0.05) is 28.9 Å². The Kier molecular flexibility index (Phi) is 5.62. The molecule has 0 spiro atoms. The average molecular weight is 415 g/mol. The zero-order valence-corrected chi connectivity index (χ0v) is 16.4. The summed E-state index contributed by atoms with van der Waals surface area (Å²) in [5.74, 6) is 1.05. The number of nitrogens with zero attached hydrogens (tertiary/aromatic N) is 5. The molecule has 1 saturated heterocycles. The lowest BCUT2D eigenvalue weighted by Crippen LogP contribution is -2.51. The molecule has 150 valence electrons. The Hall–Kier alpha value is -3.13. The number of halogens is 2. The van der Waals surface area contributed by atoms with Crippen LogP contribution >= 0.6 is 11.6 Å². The van der Waals surface area contributed by atoms with Crippen molar-refractivity contribution in [2.24, 2.45) is 10.7 Å². The number of guanidine groups is 1. The maximum absolute atomic E-state index is 13.1. The van der Waals surface area contributed by atoms with Crippen molar-refractivity contribution in [2.45, 2.75) is 6.54 Å². The normalized spacial score (nSPS) is 15.0. The molecule has 1 aliphatic rings. The van der Waals surface area contributed by atoms with Gasteiger partial charge in [-0.3, -0.25) is 0 Å². The lowest BCUT2D eigenvalue weighted by atomic mass is 10.2. The van der Waals surface area contributed by atoms with Crippen LogP contribution in [-0.4, -0.2) is 47.2 Å². The van der Waals surface area contributed by atoms with Gasteiger partial charge in [0, 0.05) is 42.5 Å². The third-order valence-corrected chi connectivity index (χ3v) is 4.96. The van der Waals surface area contributed by atoms with E-state index in [-0.39, 0.29) is 12.4 Å². The van der Waals surface area contributed by atoms with E-state index in [1.165, 1.54) is 12.1 Å². The molecular weight excluding hydrogens is 395 g/mol. The first-order chi connectivity index (χ1) is 14.1. The molecule has 1 fully saturated rings. The van der Waals surface area contributed by atoms with Crippen molar-refractivity contribution in [1.29, 1.82) is 0 Å². The molecule has 4 rings (SSSR count). The maximum Gasteiger partial charge on any atom is 0.248 e. The fourth-order valence-corrected chi connectivity index (χ4v) is 3.35. The van der Waals surface area contributed by atoms with E-state index in [0.717, 1.165) is 37.4 Å². The summed E-state index contributed by atoms with van der Waals surface area (Å²) in [4.78, 5) is 12.9. The molecule has 0 unspecified atom stereocenters. The Labute approximate surface area is 172 Å². The van der Waals surface area contributed by atoms with Crippen molar-refractivity contribution in [3.8, 4) is 11.4 Å². The molecule has 2 heterocycles. The largest absolute Gasteiger partial charge is 0.370 e. The fourth-order valence-electron chi connectivity index (χ4n) is 3.16. The van der Waals surface area contributed by atoms with Crippen LogP contribution < -0.4 is 10.6 Å². The summed E-state index contributed by atoms with van der Waals surface area (Å²) in [6.07, 6.45) is 0. The Morgan fingerprint density at radius 1 is 1.14 bits per heavy atom. The van der Waals surface area contributed by atoms with Crippen LogP contribution in [0.4, 0.5) is 10.1 Å². The summed E-state index contributed by atoms with van der Waals surface area (Å²) < 4.78 is 18.3. The molecule has 3 aromatic rings. The van der Waals surface area contributed by atoms with Gasteiger partial charge in [0.25, 0.3) is 0 Å². The SMILES string of the molecule is NC(=NCc1nc(-c2cccc(Cl)c2)no1)N1CCN(c2ccc(F)cc2)CC1. The molecule has 2 aromatic carbocycles. The highest BCUT2D eigenvalue weighted by molar-refractivity contribution is 6.30. The lowest BCUT2D eigenvalue weighted by Gasteiger charge is -2.36. The third kappa shape index (κ3) is 4.65. The van der Waals surface area contributed by atoms with Crippen molar-refractivity contribution >= 4 is 23.2 Å². The van der Waals surface area contributed by atoms with E-state index in [9.17, 15) is 4.39 Å². The zero-order chi connectivity index (χ0) is 20.2. The van der Waals surface area contributed by atoms with E-state index in [4.69, 9.17) is 21.9 Å². The van der Waals surface area contributed by atoms with Crippen molar-refractivity contribution < 1.29 is 8.91 Å². The molecule has 29 heavy (non-hydrogen) atoms.